The number of sulfone groups is 1. The lowest BCUT2D eigenvalue weighted by molar-refractivity contribution is 0.406. The highest BCUT2D eigenvalue weighted by Crippen LogP contribution is 2.23. The van der Waals surface area contributed by atoms with E-state index >= 15 is 0 Å². The quantitative estimate of drug-likeness (QED) is 0.349. The molecular formula is C16H29IN4O3S. The van der Waals surface area contributed by atoms with Crippen molar-refractivity contribution in [1.29, 1.82) is 0 Å². The first kappa shape index (κ1) is 23.9. The number of ether oxygens (including phenoxy) is 1. The van der Waals surface area contributed by atoms with Crippen molar-refractivity contribution < 1.29 is 13.2 Å². The maximum Gasteiger partial charge on any atom is 0.191 e. The Balaban J connectivity index is 0.00000576. The summed E-state index contributed by atoms with van der Waals surface area (Å²) < 4.78 is 27.9. The summed E-state index contributed by atoms with van der Waals surface area (Å²) in [6.07, 6.45) is 3.55. The molecule has 0 aromatic carbocycles. The van der Waals surface area contributed by atoms with Gasteiger partial charge in [0.05, 0.1) is 25.1 Å². The summed E-state index contributed by atoms with van der Waals surface area (Å²) in [4.78, 5) is 8.60. The zero-order valence-corrected chi connectivity index (χ0v) is 18.9. The molecule has 144 valence electrons. The van der Waals surface area contributed by atoms with Crippen molar-refractivity contribution in [3.8, 4) is 5.75 Å². The predicted octanol–water partition coefficient (Wildman–Crippen LogP) is 1.81. The number of guanidine groups is 1. The van der Waals surface area contributed by atoms with E-state index < -0.39 is 9.84 Å². The Kier molecular flexibility index (Phi) is 10.3. The van der Waals surface area contributed by atoms with Crippen LogP contribution in [0, 0.1) is 13.8 Å². The molecule has 0 bridgehead atoms. The third kappa shape index (κ3) is 8.21. The van der Waals surface area contributed by atoms with Gasteiger partial charge in [0.2, 0.25) is 0 Å². The van der Waals surface area contributed by atoms with Crippen molar-refractivity contribution in [2.45, 2.75) is 39.8 Å². The molecule has 25 heavy (non-hydrogen) atoms. The van der Waals surface area contributed by atoms with Gasteiger partial charge in [-0.2, -0.15) is 0 Å². The molecule has 0 amide bonds. The van der Waals surface area contributed by atoms with Crippen LogP contribution in [0.1, 0.15) is 30.2 Å². The zero-order valence-electron chi connectivity index (χ0n) is 15.7. The van der Waals surface area contributed by atoms with Gasteiger partial charge in [-0.25, -0.2) is 8.42 Å². The molecule has 0 spiro atoms. The second-order valence-electron chi connectivity index (χ2n) is 5.94. The molecule has 1 aromatic rings. The number of aliphatic imine (C=N–C) groups is 1. The van der Waals surface area contributed by atoms with Crippen molar-refractivity contribution in [3.05, 3.63) is 23.0 Å². The lowest BCUT2D eigenvalue weighted by Gasteiger charge is -2.18. The van der Waals surface area contributed by atoms with E-state index in [9.17, 15) is 8.42 Å². The smallest absolute Gasteiger partial charge is 0.191 e. The van der Waals surface area contributed by atoms with Crippen LogP contribution in [0.5, 0.6) is 5.75 Å². The van der Waals surface area contributed by atoms with Crippen LogP contribution in [0.4, 0.5) is 0 Å². The monoisotopic (exact) mass is 484 g/mol. The van der Waals surface area contributed by atoms with E-state index in [1.165, 1.54) is 6.26 Å². The van der Waals surface area contributed by atoms with Crippen LogP contribution < -0.4 is 15.4 Å². The Bertz CT molecular complexity index is 693. The van der Waals surface area contributed by atoms with E-state index in [0.29, 0.717) is 18.9 Å². The Morgan fingerprint density at radius 2 is 2.04 bits per heavy atom. The van der Waals surface area contributed by atoms with E-state index in [4.69, 9.17) is 4.74 Å². The van der Waals surface area contributed by atoms with Crippen molar-refractivity contribution in [1.82, 2.24) is 15.6 Å². The molecule has 1 unspecified atom stereocenters. The molecule has 9 heteroatoms. The Morgan fingerprint density at radius 1 is 1.40 bits per heavy atom. The van der Waals surface area contributed by atoms with Crippen LogP contribution >= 0.6 is 24.0 Å². The maximum atomic E-state index is 11.2. The van der Waals surface area contributed by atoms with E-state index in [2.05, 4.69) is 20.6 Å². The van der Waals surface area contributed by atoms with Crippen molar-refractivity contribution in [3.63, 3.8) is 0 Å². The summed E-state index contributed by atoms with van der Waals surface area (Å²) in [5, 5.41) is 6.38. The van der Waals surface area contributed by atoms with Gasteiger partial charge >= 0.3 is 0 Å². The molecule has 0 aliphatic heterocycles. The van der Waals surface area contributed by atoms with Gasteiger partial charge in [0, 0.05) is 36.7 Å². The first-order chi connectivity index (χ1) is 11.2. The Labute approximate surface area is 168 Å². The number of hydrogen-bond acceptors (Lipinski definition) is 5. The fourth-order valence-corrected chi connectivity index (χ4v) is 3.09. The topological polar surface area (TPSA) is 92.7 Å². The number of nitrogens with one attached hydrogen (secondary N) is 2. The number of aromatic nitrogens is 1. The number of hydrogen-bond donors (Lipinski definition) is 2. The molecule has 0 radical (unpaired) electrons. The van der Waals surface area contributed by atoms with Gasteiger partial charge in [-0.3, -0.25) is 9.98 Å². The molecule has 0 aliphatic rings. The van der Waals surface area contributed by atoms with E-state index in [1.54, 1.807) is 20.4 Å². The molecule has 1 heterocycles. The number of pyridine rings is 1. The van der Waals surface area contributed by atoms with Gasteiger partial charge in [-0.05, 0) is 27.2 Å². The first-order valence-corrected chi connectivity index (χ1v) is 9.88. The number of methoxy groups -OCH3 is 1. The summed E-state index contributed by atoms with van der Waals surface area (Å²) in [6.45, 7) is 6.36. The minimum Gasteiger partial charge on any atom is -0.496 e. The maximum absolute atomic E-state index is 11.2. The summed E-state index contributed by atoms with van der Waals surface area (Å²) >= 11 is 0. The standard InChI is InChI=1S/C16H28N4O3S.HI/c1-11-9-18-14(13(3)15(11)23-5)10-19-16(17-4)20-12(2)7-8-24(6,21)22;/h9,12H,7-8,10H2,1-6H3,(H2,17,19,20);1H. The minimum absolute atomic E-state index is 0. The molecule has 2 N–H and O–H groups in total. The first-order valence-electron chi connectivity index (χ1n) is 7.82. The molecule has 1 aromatic heterocycles. The summed E-state index contributed by atoms with van der Waals surface area (Å²) in [6, 6.07) is -0.00691. The largest absolute Gasteiger partial charge is 0.496 e. The number of aryl methyl sites for hydroxylation is 1. The third-order valence-corrected chi connectivity index (χ3v) is 4.68. The van der Waals surface area contributed by atoms with Crippen LogP contribution in [0.3, 0.4) is 0 Å². The normalized spacial score (nSPS) is 13.0. The van der Waals surface area contributed by atoms with Gasteiger partial charge in [0.1, 0.15) is 15.6 Å². The Morgan fingerprint density at radius 3 is 2.56 bits per heavy atom. The van der Waals surface area contributed by atoms with Crippen LogP contribution in [-0.2, 0) is 16.4 Å². The third-order valence-electron chi connectivity index (χ3n) is 3.70. The summed E-state index contributed by atoms with van der Waals surface area (Å²) in [7, 11) is 0.366. The summed E-state index contributed by atoms with van der Waals surface area (Å²) in [5.41, 5.74) is 2.87. The number of nitrogens with zero attached hydrogens (tertiary/aromatic N) is 2. The highest BCUT2D eigenvalue weighted by molar-refractivity contribution is 14.0. The average molecular weight is 484 g/mol. The molecule has 7 nitrogen and oxygen atoms in total. The number of rotatable bonds is 7. The van der Waals surface area contributed by atoms with Crippen LogP contribution in [0.15, 0.2) is 11.2 Å². The average Bonchev–Trinajstić information content (AvgIpc) is 2.50. The number of halogens is 1. The van der Waals surface area contributed by atoms with E-state index in [-0.39, 0.29) is 35.8 Å². The van der Waals surface area contributed by atoms with Crippen LogP contribution in [-0.4, -0.2) is 51.6 Å². The van der Waals surface area contributed by atoms with Crippen molar-refractivity contribution in [2.75, 3.05) is 26.2 Å². The van der Waals surface area contributed by atoms with E-state index in [0.717, 1.165) is 22.6 Å². The molecule has 1 rings (SSSR count). The fraction of sp³-hybridized carbons (Fsp3) is 0.625. The Hall–Kier alpha value is -1.10. The molecule has 0 fully saturated rings. The minimum atomic E-state index is -2.96. The molecule has 1 atom stereocenters. The van der Waals surface area contributed by atoms with Crippen molar-refractivity contribution >= 4 is 39.8 Å². The lowest BCUT2D eigenvalue weighted by Crippen LogP contribution is -2.42. The summed E-state index contributed by atoms with van der Waals surface area (Å²) in [5.74, 6) is 1.59. The van der Waals surface area contributed by atoms with Crippen LogP contribution in [0.2, 0.25) is 0 Å². The molecule has 0 saturated carbocycles. The second-order valence-corrected chi connectivity index (χ2v) is 8.20. The highest BCUT2D eigenvalue weighted by atomic mass is 127. The van der Waals surface area contributed by atoms with Gasteiger partial charge in [-0.15, -0.1) is 24.0 Å². The van der Waals surface area contributed by atoms with Gasteiger partial charge in [-0.1, -0.05) is 0 Å². The van der Waals surface area contributed by atoms with Gasteiger partial charge in [0.25, 0.3) is 0 Å². The van der Waals surface area contributed by atoms with Gasteiger partial charge < -0.3 is 15.4 Å². The lowest BCUT2D eigenvalue weighted by atomic mass is 10.1. The van der Waals surface area contributed by atoms with Crippen molar-refractivity contribution in [2.24, 2.45) is 4.99 Å². The fourth-order valence-electron chi connectivity index (χ4n) is 2.31. The predicted molar refractivity (Wildman–Crippen MR) is 113 cm³/mol. The SMILES string of the molecule is CN=C(NCc1ncc(C)c(OC)c1C)NC(C)CCS(C)(=O)=O.I. The second kappa shape index (κ2) is 10.8. The molecule has 0 aliphatic carbocycles. The zero-order chi connectivity index (χ0) is 18.3. The van der Waals surface area contributed by atoms with Crippen LogP contribution in [0.25, 0.3) is 0 Å². The molecule has 0 saturated heterocycles. The molecular weight excluding hydrogens is 455 g/mol. The van der Waals surface area contributed by atoms with Gasteiger partial charge in [0.15, 0.2) is 5.96 Å². The highest BCUT2D eigenvalue weighted by Gasteiger charge is 2.12. The van der Waals surface area contributed by atoms with E-state index in [1.807, 2.05) is 20.8 Å².